The minimum absolute atomic E-state index is 0.115. The molecule has 0 unspecified atom stereocenters. The van der Waals surface area contributed by atoms with Crippen molar-refractivity contribution in [2.75, 3.05) is 5.33 Å². The van der Waals surface area contributed by atoms with Crippen molar-refractivity contribution >= 4 is 21.8 Å². The zero-order valence-electron chi connectivity index (χ0n) is 9.79. The average Bonchev–Trinajstić information content (AvgIpc) is 2.58. The molecular formula is C11H18BrN3O. The molecular weight excluding hydrogens is 270 g/mol. The Morgan fingerprint density at radius 2 is 2.31 bits per heavy atom. The van der Waals surface area contributed by atoms with Gasteiger partial charge in [0.05, 0.1) is 6.20 Å². The van der Waals surface area contributed by atoms with E-state index in [4.69, 9.17) is 0 Å². The summed E-state index contributed by atoms with van der Waals surface area (Å²) >= 11 is 3.34. The molecule has 0 fully saturated rings. The Bertz CT molecular complexity index is 349. The molecule has 0 aliphatic rings. The van der Waals surface area contributed by atoms with Crippen molar-refractivity contribution in [3.05, 3.63) is 17.5 Å². The smallest absolute Gasteiger partial charge is 0.220 e. The summed E-state index contributed by atoms with van der Waals surface area (Å²) in [6, 6.07) is 0. The lowest BCUT2D eigenvalue weighted by molar-refractivity contribution is -0.121. The first-order chi connectivity index (χ1) is 7.65. The number of amides is 1. The van der Waals surface area contributed by atoms with Gasteiger partial charge in [-0.3, -0.25) is 9.48 Å². The predicted octanol–water partition coefficient (Wildman–Crippen LogP) is 1.91. The fourth-order valence-corrected chi connectivity index (χ4v) is 1.78. The number of aromatic nitrogens is 2. The Kier molecular flexibility index (Phi) is 5.52. The largest absolute Gasteiger partial charge is 0.352 e. The van der Waals surface area contributed by atoms with Crippen LogP contribution in [0.25, 0.3) is 0 Å². The fraction of sp³-hybridized carbons (Fsp3) is 0.636. The van der Waals surface area contributed by atoms with Crippen LogP contribution in [0.2, 0.25) is 0 Å². The summed E-state index contributed by atoms with van der Waals surface area (Å²) in [6.45, 7) is 2.58. The highest BCUT2D eigenvalue weighted by Gasteiger charge is 2.05. The summed E-state index contributed by atoms with van der Waals surface area (Å²) in [4.78, 5) is 11.5. The summed E-state index contributed by atoms with van der Waals surface area (Å²) < 4.78 is 1.81. The van der Waals surface area contributed by atoms with Crippen LogP contribution in [0, 0.1) is 6.92 Å². The molecule has 1 amide bonds. The van der Waals surface area contributed by atoms with Gasteiger partial charge in [0, 0.05) is 36.6 Å². The Hall–Kier alpha value is -0.840. The molecule has 0 saturated carbocycles. The van der Waals surface area contributed by atoms with E-state index >= 15 is 0 Å². The molecule has 0 saturated heterocycles. The van der Waals surface area contributed by atoms with Gasteiger partial charge in [-0.15, -0.1) is 0 Å². The van der Waals surface area contributed by atoms with E-state index in [0.29, 0.717) is 13.0 Å². The highest BCUT2D eigenvalue weighted by molar-refractivity contribution is 9.09. The van der Waals surface area contributed by atoms with Crippen LogP contribution in [0.3, 0.4) is 0 Å². The maximum atomic E-state index is 11.5. The summed E-state index contributed by atoms with van der Waals surface area (Å²) in [7, 11) is 1.90. The molecule has 0 bridgehead atoms. The monoisotopic (exact) mass is 287 g/mol. The third kappa shape index (κ3) is 3.96. The molecule has 0 radical (unpaired) electrons. The van der Waals surface area contributed by atoms with Crippen LogP contribution in [-0.2, 0) is 18.4 Å². The molecule has 1 N–H and O–H groups in total. The van der Waals surface area contributed by atoms with Gasteiger partial charge in [0.25, 0.3) is 0 Å². The first-order valence-electron chi connectivity index (χ1n) is 5.45. The molecule has 5 heteroatoms. The normalized spacial score (nSPS) is 10.4. The number of aryl methyl sites for hydroxylation is 1. The molecule has 0 aliphatic heterocycles. The maximum absolute atomic E-state index is 11.5. The molecule has 1 aromatic heterocycles. The number of nitrogens with zero attached hydrogens (tertiary/aromatic N) is 2. The zero-order chi connectivity index (χ0) is 12.0. The summed E-state index contributed by atoms with van der Waals surface area (Å²) in [5.74, 6) is 0.115. The average molecular weight is 288 g/mol. The number of alkyl halides is 1. The van der Waals surface area contributed by atoms with Crippen LogP contribution in [0.4, 0.5) is 0 Å². The topological polar surface area (TPSA) is 46.9 Å². The molecule has 1 aromatic rings. The van der Waals surface area contributed by atoms with Gasteiger partial charge in [0.1, 0.15) is 0 Å². The molecule has 1 heterocycles. The third-order valence-corrected chi connectivity index (χ3v) is 3.16. The van der Waals surface area contributed by atoms with Gasteiger partial charge in [-0.2, -0.15) is 5.10 Å². The number of nitrogens with one attached hydrogen (secondary N) is 1. The summed E-state index contributed by atoms with van der Waals surface area (Å²) in [5, 5.41) is 7.99. The lowest BCUT2D eigenvalue weighted by Gasteiger charge is -2.04. The molecule has 0 atom stereocenters. The predicted molar refractivity (Wildman–Crippen MR) is 67.4 cm³/mol. The van der Waals surface area contributed by atoms with Crippen LogP contribution in [0.1, 0.15) is 30.5 Å². The van der Waals surface area contributed by atoms with Crippen molar-refractivity contribution in [2.24, 2.45) is 7.05 Å². The zero-order valence-corrected chi connectivity index (χ0v) is 11.4. The Morgan fingerprint density at radius 3 is 2.88 bits per heavy atom. The van der Waals surface area contributed by atoms with Crippen LogP contribution < -0.4 is 5.32 Å². The second-order valence-electron chi connectivity index (χ2n) is 3.80. The van der Waals surface area contributed by atoms with Gasteiger partial charge in [0.15, 0.2) is 0 Å². The maximum Gasteiger partial charge on any atom is 0.220 e. The molecule has 16 heavy (non-hydrogen) atoms. The molecule has 4 nitrogen and oxygen atoms in total. The van der Waals surface area contributed by atoms with Crippen LogP contribution >= 0.6 is 15.9 Å². The van der Waals surface area contributed by atoms with E-state index in [0.717, 1.165) is 29.4 Å². The number of halogens is 1. The lowest BCUT2D eigenvalue weighted by Crippen LogP contribution is -2.22. The second-order valence-corrected chi connectivity index (χ2v) is 4.59. The van der Waals surface area contributed by atoms with E-state index in [1.54, 1.807) is 6.20 Å². The Balaban J connectivity index is 2.29. The molecule has 0 aliphatic carbocycles. The Morgan fingerprint density at radius 1 is 1.56 bits per heavy atom. The van der Waals surface area contributed by atoms with Crippen LogP contribution in [-0.4, -0.2) is 21.0 Å². The van der Waals surface area contributed by atoms with Crippen molar-refractivity contribution < 1.29 is 4.79 Å². The summed E-state index contributed by atoms with van der Waals surface area (Å²) in [6.07, 6.45) is 4.38. The number of unbranched alkanes of at least 4 members (excludes halogenated alkanes) is 1. The van der Waals surface area contributed by atoms with Gasteiger partial charge in [-0.25, -0.2) is 0 Å². The highest BCUT2D eigenvalue weighted by Crippen LogP contribution is 2.05. The van der Waals surface area contributed by atoms with Gasteiger partial charge in [-0.1, -0.05) is 15.9 Å². The SMILES string of the molecule is Cc1c(CNC(=O)CCCCBr)cnn1C. The number of carbonyl (C=O) groups excluding carboxylic acids is 1. The fourth-order valence-electron chi connectivity index (χ4n) is 1.38. The van der Waals surface area contributed by atoms with Gasteiger partial charge in [-0.05, 0) is 19.8 Å². The van der Waals surface area contributed by atoms with Crippen molar-refractivity contribution in [1.29, 1.82) is 0 Å². The minimum Gasteiger partial charge on any atom is -0.352 e. The van der Waals surface area contributed by atoms with Crippen molar-refractivity contribution in [3.8, 4) is 0 Å². The lowest BCUT2D eigenvalue weighted by atomic mass is 10.2. The van der Waals surface area contributed by atoms with Gasteiger partial charge >= 0.3 is 0 Å². The highest BCUT2D eigenvalue weighted by atomic mass is 79.9. The third-order valence-electron chi connectivity index (χ3n) is 2.60. The van der Waals surface area contributed by atoms with Crippen molar-refractivity contribution in [1.82, 2.24) is 15.1 Å². The van der Waals surface area contributed by atoms with E-state index in [9.17, 15) is 4.79 Å². The number of hydrogen-bond acceptors (Lipinski definition) is 2. The molecule has 1 rings (SSSR count). The van der Waals surface area contributed by atoms with Crippen molar-refractivity contribution in [3.63, 3.8) is 0 Å². The first-order valence-corrected chi connectivity index (χ1v) is 6.57. The van der Waals surface area contributed by atoms with Crippen molar-refractivity contribution in [2.45, 2.75) is 32.7 Å². The van der Waals surface area contributed by atoms with Crippen LogP contribution in [0.5, 0.6) is 0 Å². The van der Waals surface area contributed by atoms with E-state index in [1.165, 1.54) is 0 Å². The van der Waals surface area contributed by atoms with Gasteiger partial charge < -0.3 is 5.32 Å². The summed E-state index contributed by atoms with van der Waals surface area (Å²) in [5.41, 5.74) is 2.18. The molecule has 90 valence electrons. The van der Waals surface area contributed by atoms with E-state index in [-0.39, 0.29) is 5.91 Å². The first kappa shape index (κ1) is 13.2. The number of rotatable bonds is 6. The molecule has 0 aromatic carbocycles. The Labute approximate surface area is 105 Å². The van der Waals surface area contributed by atoms with E-state index < -0.39 is 0 Å². The van der Waals surface area contributed by atoms with Gasteiger partial charge in [0.2, 0.25) is 5.91 Å². The molecule has 0 spiro atoms. The quantitative estimate of drug-likeness (QED) is 0.642. The van der Waals surface area contributed by atoms with E-state index in [1.807, 2.05) is 18.7 Å². The number of hydrogen-bond donors (Lipinski definition) is 1. The van der Waals surface area contributed by atoms with Crippen LogP contribution in [0.15, 0.2) is 6.20 Å². The second kappa shape index (κ2) is 6.68. The standard InChI is InChI=1S/C11H18BrN3O/c1-9-10(8-14-15(9)2)7-13-11(16)5-3-4-6-12/h8H,3-7H2,1-2H3,(H,13,16). The van der Waals surface area contributed by atoms with E-state index in [2.05, 4.69) is 26.3 Å². The number of carbonyl (C=O) groups is 1. The minimum atomic E-state index is 0.115.